The van der Waals surface area contributed by atoms with Gasteiger partial charge in [0.25, 0.3) is 0 Å². The van der Waals surface area contributed by atoms with Crippen LogP contribution in [0, 0.1) is 0 Å². The van der Waals surface area contributed by atoms with Crippen molar-refractivity contribution in [2.24, 2.45) is 0 Å². The molecule has 0 radical (unpaired) electrons. The van der Waals surface area contributed by atoms with Gasteiger partial charge in [-0.05, 0) is 24.5 Å². The number of aliphatic hydroxyl groups is 1. The number of hydrogen-bond acceptors (Lipinski definition) is 3. The third-order valence-electron chi connectivity index (χ3n) is 3.69. The topological polar surface area (TPSA) is 50.1 Å². The fraction of sp³-hybridized carbons (Fsp3) is 0.400. The molecule has 2 N–H and O–H groups in total. The average molecular weight is 257 g/mol. The van der Waals surface area contributed by atoms with Gasteiger partial charge in [0.05, 0.1) is 24.3 Å². The van der Waals surface area contributed by atoms with E-state index in [9.17, 15) is 5.11 Å². The summed E-state index contributed by atoms with van der Waals surface area (Å²) >= 11 is 0. The smallest absolute Gasteiger partial charge is 0.116 e. The number of para-hydroxylation sites is 1. The van der Waals surface area contributed by atoms with Gasteiger partial charge in [-0.2, -0.15) is 0 Å². The number of nitrogens with zero attached hydrogens (tertiary/aromatic N) is 2. The fourth-order valence-corrected chi connectivity index (χ4v) is 2.73. The molecule has 2 aromatic rings. The second kappa shape index (κ2) is 5.05. The van der Waals surface area contributed by atoms with Crippen LogP contribution in [0.15, 0.2) is 36.8 Å². The minimum atomic E-state index is -0.526. The van der Waals surface area contributed by atoms with Gasteiger partial charge in [-0.1, -0.05) is 25.1 Å². The Labute approximate surface area is 113 Å². The molecule has 2 heterocycles. The molecule has 19 heavy (non-hydrogen) atoms. The molecule has 1 aliphatic rings. The SMILES string of the molecule is CCCn1cncc1C(O)C1Cc2ccccc2N1. The molecule has 4 heteroatoms. The van der Waals surface area contributed by atoms with Gasteiger partial charge in [-0.25, -0.2) is 4.98 Å². The molecule has 0 amide bonds. The van der Waals surface area contributed by atoms with Crippen molar-refractivity contribution >= 4 is 5.69 Å². The van der Waals surface area contributed by atoms with E-state index in [0.29, 0.717) is 0 Å². The first-order valence-electron chi connectivity index (χ1n) is 6.82. The number of aliphatic hydroxyl groups excluding tert-OH is 1. The van der Waals surface area contributed by atoms with E-state index in [1.54, 1.807) is 12.5 Å². The van der Waals surface area contributed by atoms with E-state index < -0.39 is 6.10 Å². The summed E-state index contributed by atoms with van der Waals surface area (Å²) < 4.78 is 2.04. The predicted molar refractivity (Wildman–Crippen MR) is 75.0 cm³/mol. The van der Waals surface area contributed by atoms with E-state index in [2.05, 4.69) is 29.4 Å². The Kier molecular flexibility index (Phi) is 3.25. The molecule has 1 aromatic heterocycles. The molecule has 0 bridgehead atoms. The van der Waals surface area contributed by atoms with Crippen LogP contribution in [0.2, 0.25) is 0 Å². The maximum Gasteiger partial charge on any atom is 0.116 e. The largest absolute Gasteiger partial charge is 0.385 e. The lowest BCUT2D eigenvalue weighted by Crippen LogP contribution is -2.26. The van der Waals surface area contributed by atoms with E-state index in [4.69, 9.17) is 0 Å². The van der Waals surface area contributed by atoms with Crippen molar-refractivity contribution in [2.45, 2.75) is 38.5 Å². The summed E-state index contributed by atoms with van der Waals surface area (Å²) in [5, 5.41) is 14.0. The van der Waals surface area contributed by atoms with E-state index in [1.807, 2.05) is 16.7 Å². The maximum absolute atomic E-state index is 10.6. The van der Waals surface area contributed by atoms with Crippen LogP contribution in [0.3, 0.4) is 0 Å². The summed E-state index contributed by atoms with van der Waals surface area (Å²) in [6.45, 7) is 3.02. The van der Waals surface area contributed by atoms with Gasteiger partial charge in [0.1, 0.15) is 6.10 Å². The van der Waals surface area contributed by atoms with Crippen LogP contribution in [0.25, 0.3) is 0 Å². The first-order valence-corrected chi connectivity index (χ1v) is 6.82. The lowest BCUT2D eigenvalue weighted by molar-refractivity contribution is 0.147. The minimum Gasteiger partial charge on any atom is -0.385 e. The van der Waals surface area contributed by atoms with Crippen LogP contribution in [0.4, 0.5) is 5.69 Å². The van der Waals surface area contributed by atoms with E-state index in [0.717, 1.165) is 30.8 Å². The average Bonchev–Trinajstić information content (AvgIpc) is 3.04. The molecule has 100 valence electrons. The van der Waals surface area contributed by atoms with Gasteiger partial charge in [0, 0.05) is 12.2 Å². The number of hydrogen-bond donors (Lipinski definition) is 2. The third kappa shape index (κ3) is 2.24. The number of imidazole rings is 1. The molecule has 0 aliphatic carbocycles. The minimum absolute atomic E-state index is 0.0321. The van der Waals surface area contributed by atoms with Crippen molar-refractivity contribution < 1.29 is 5.11 Å². The number of aromatic nitrogens is 2. The Bertz CT molecular complexity index is 539. The molecule has 0 saturated heterocycles. The van der Waals surface area contributed by atoms with Gasteiger partial charge in [0.2, 0.25) is 0 Å². The molecule has 0 spiro atoms. The van der Waals surface area contributed by atoms with Gasteiger partial charge >= 0.3 is 0 Å². The van der Waals surface area contributed by atoms with Crippen LogP contribution >= 0.6 is 0 Å². The number of anilines is 1. The summed E-state index contributed by atoms with van der Waals surface area (Å²) in [6, 6.07) is 8.26. The van der Waals surface area contributed by atoms with Crippen molar-refractivity contribution in [3.63, 3.8) is 0 Å². The highest BCUT2D eigenvalue weighted by Crippen LogP contribution is 2.31. The molecular formula is C15H19N3O. The van der Waals surface area contributed by atoms with E-state index in [1.165, 1.54) is 5.56 Å². The van der Waals surface area contributed by atoms with Crippen molar-refractivity contribution in [3.8, 4) is 0 Å². The van der Waals surface area contributed by atoms with E-state index >= 15 is 0 Å². The number of fused-ring (bicyclic) bond motifs is 1. The fourth-order valence-electron chi connectivity index (χ4n) is 2.73. The lowest BCUT2D eigenvalue weighted by Gasteiger charge is -2.20. The van der Waals surface area contributed by atoms with E-state index in [-0.39, 0.29) is 6.04 Å². The monoisotopic (exact) mass is 257 g/mol. The van der Waals surface area contributed by atoms with Gasteiger partial charge in [-0.15, -0.1) is 0 Å². The van der Waals surface area contributed by atoms with Crippen LogP contribution in [0.5, 0.6) is 0 Å². The van der Waals surface area contributed by atoms with Crippen LogP contribution < -0.4 is 5.32 Å². The van der Waals surface area contributed by atoms with Crippen molar-refractivity contribution in [3.05, 3.63) is 48.0 Å². The van der Waals surface area contributed by atoms with Crippen molar-refractivity contribution in [2.75, 3.05) is 5.32 Å². The van der Waals surface area contributed by atoms with Crippen LogP contribution in [-0.4, -0.2) is 20.7 Å². The quantitative estimate of drug-likeness (QED) is 0.884. The first kappa shape index (κ1) is 12.2. The van der Waals surface area contributed by atoms with Gasteiger partial charge < -0.3 is 15.0 Å². The Morgan fingerprint density at radius 3 is 3.11 bits per heavy atom. The molecule has 2 atom stereocenters. The highest BCUT2D eigenvalue weighted by atomic mass is 16.3. The van der Waals surface area contributed by atoms with Gasteiger partial charge in [-0.3, -0.25) is 0 Å². The molecule has 0 fully saturated rings. The highest BCUT2D eigenvalue weighted by molar-refractivity contribution is 5.57. The van der Waals surface area contributed by atoms with Crippen molar-refractivity contribution in [1.29, 1.82) is 0 Å². The molecule has 4 nitrogen and oxygen atoms in total. The lowest BCUT2D eigenvalue weighted by atomic mass is 10.0. The molecule has 3 rings (SSSR count). The van der Waals surface area contributed by atoms with Gasteiger partial charge in [0.15, 0.2) is 0 Å². The number of aryl methyl sites for hydroxylation is 1. The highest BCUT2D eigenvalue weighted by Gasteiger charge is 2.29. The maximum atomic E-state index is 10.6. The van der Waals surface area contributed by atoms with Crippen LogP contribution in [-0.2, 0) is 13.0 Å². The normalized spacial score (nSPS) is 18.9. The summed E-state index contributed by atoms with van der Waals surface area (Å²) in [6.07, 6.45) is 4.93. The summed E-state index contributed by atoms with van der Waals surface area (Å²) in [7, 11) is 0. The molecule has 1 aliphatic heterocycles. The summed E-state index contributed by atoms with van der Waals surface area (Å²) in [4.78, 5) is 4.16. The summed E-state index contributed by atoms with van der Waals surface area (Å²) in [5.74, 6) is 0. The Morgan fingerprint density at radius 1 is 1.47 bits per heavy atom. The zero-order valence-corrected chi connectivity index (χ0v) is 11.1. The zero-order valence-electron chi connectivity index (χ0n) is 11.1. The Hall–Kier alpha value is -1.81. The number of nitrogens with one attached hydrogen (secondary N) is 1. The molecule has 0 saturated carbocycles. The second-order valence-electron chi connectivity index (χ2n) is 5.07. The molecular weight excluding hydrogens is 238 g/mol. The molecule has 1 aromatic carbocycles. The standard InChI is InChI=1S/C15H19N3O/c1-2-7-18-10-16-9-14(18)15(19)13-8-11-5-3-4-6-12(11)17-13/h3-6,9-10,13,15,17,19H,2,7-8H2,1H3. The Morgan fingerprint density at radius 2 is 2.32 bits per heavy atom. The first-order chi connectivity index (χ1) is 9.29. The second-order valence-corrected chi connectivity index (χ2v) is 5.07. The third-order valence-corrected chi connectivity index (χ3v) is 3.69. The van der Waals surface area contributed by atoms with Crippen LogP contribution in [0.1, 0.15) is 30.7 Å². The zero-order chi connectivity index (χ0) is 13.2. The summed E-state index contributed by atoms with van der Waals surface area (Å²) in [5.41, 5.74) is 3.30. The van der Waals surface area contributed by atoms with Crippen molar-refractivity contribution in [1.82, 2.24) is 9.55 Å². The predicted octanol–water partition coefficient (Wildman–Crippen LogP) is 2.36. The Balaban J connectivity index is 1.79. The molecule has 2 unspecified atom stereocenters. The number of benzene rings is 1. The number of rotatable bonds is 4.